The van der Waals surface area contributed by atoms with Crippen molar-refractivity contribution in [3.63, 3.8) is 0 Å². The van der Waals surface area contributed by atoms with Crippen molar-refractivity contribution in [1.82, 2.24) is 9.88 Å². The van der Waals surface area contributed by atoms with Crippen LogP contribution in [0.3, 0.4) is 0 Å². The molecule has 1 aliphatic rings. The molecule has 1 aromatic heterocycles. The first-order valence-electron chi connectivity index (χ1n) is 15.2. The summed E-state index contributed by atoms with van der Waals surface area (Å²) in [5, 5.41) is 0. The highest BCUT2D eigenvalue weighted by Crippen LogP contribution is 2.38. The van der Waals surface area contributed by atoms with Gasteiger partial charge in [-0.3, -0.25) is 14.6 Å². The number of methoxy groups -OCH3 is 3. The highest BCUT2D eigenvalue weighted by molar-refractivity contribution is 6.43. The van der Waals surface area contributed by atoms with Crippen LogP contribution in [0.5, 0.6) is 17.2 Å². The normalized spacial score (nSPS) is 15.2. The third-order valence-electron chi connectivity index (χ3n) is 7.96. The molecule has 0 spiro atoms. The molecule has 1 amide bonds. The van der Waals surface area contributed by atoms with E-state index in [1.54, 1.807) is 6.20 Å². The lowest BCUT2D eigenvalue weighted by atomic mass is 9.99. The molecule has 2 aromatic carbocycles. The van der Waals surface area contributed by atoms with Crippen LogP contribution in [0, 0.1) is 0 Å². The quantitative estimate of drug-likeness (QED) is 0.125. The Labute approximate surface area is 259 Å². The van der Waals surface area contributed by atoms with E-state index < -0.39 is 23.7 Å². The third-order valence-corrected chi connectivity index (χ3v) is 7.96. The number of benzene rings is 2. The first-order chi connectivity index (χ1) is 21.4. The van der Waals surface area contributed by atoms with Gasteiger partial charge in [-0.15, -0.1) is 0 Å². The van der Waals surface area contributed by atoms with Crippen LogP contribution in [-0.2, 0) is 27.2 Å². The topological polar surface area (TPSA) is 104 Å². The van der Waals surface area contributed by atoms with E-state index in [0.29, 0.717) is 38.0 Å². The average molecular weight is 603 g/mol. The van der Waals surface area contributed by atoms with E-state index in [4.69, 9.17) is 18.9 Å². The van der Waals surface area contributed by atoms with Crippen LogP contribution < -0.4 is 14.2 Å². The molecule has 44 heavy (non-hydrogen) atoms. The number of likely N-dealkylation sites (tertiary alicyclic amines) is 1. The molecule has 0 radical (unpaired) electrons. The minimum atomic E-state index is -0.824. The summed E-state index contributed by atoms with van der Waals surface area (Å²) in [6.07, 6.45) is 8.10. The number of rotatable bonds is 15. The summed E-state index contributed by atoms with van der Waals surface area (Å²) in [6, 6.07) is 18.2. The van der Waals surface area contributed by atoms with Crippen LogP contribution in [0.1, 0.15) is 66.6 Å². The van der Waals surface area contributed by atoms with Crippen molar-refractivity contribution in [2.24, 2.45) is 0 Å². The number of aryl methyl sites for hydroxylation is 2. The van der Waals surface area contributed by atoms with Gasteiger partial charge in [0.25, 0.3) is 11.7 Å². The number of carbonyl (C=O) groups excluding carboxylic acids is 3. The predicted octanol–water partition coefficient (Wildman–Crippen LogP) is 5.63. The third kappa shape index (κ3) is 8.58. The van der Waals surface area contributed by atoms with E-state index in [1.807, 2.05) is 36.4 Å². The fraction of sp³-hybridized carbons (Fsp3) is 0.429. The molecule has 3 aromatic rings. The van der Waals surface area contributed by atoms with Crippen LogP contribution in [0.15, 0.2) is 66.9 Å². The van der Waals surface area contributed by atoms with Crippen LogP contribution >= 0.6 is 0 Å². The number of pyridine rings is 1. The molecule has 4 rings (SSSR count). The van der Waals surface area contributed by atoms with E-state index in [0.717, 1.165) is 37.8 Å². The standard InChI is InChI=1S/C35H42N2O7/c1-41-30-23-26(24-31(42-2)33(30)43-3)32(38)34(39)37-22-10-8-20-29(37)35(40)44-28(18-11-15-25-13-5-4-6-14-25)19-12-17-27-16-7-9-21-36-27/h4-7,9,13-14,16,21,23-24,28-29H,8,10-12,15,17-20,22H2,1-3H3. The Morgan fingerprint density at radius 1 is 0.864 bits per heavy atom. The second kappa shape index (κ2) is 16.4. The smallest absolute Gasteiger partial charge is 0.329 e. The zero-order chi connectivity index (χ0) is 31.3. The first-order valence-corrected chi connectivity index (χ1v) is 15.2. The lowest BCUT2D eigenvalue weighted by Gasteiger charge is -2.34. The Morgan fingerprint density at radius 2 is 1.55 bits per heavy atom. The summed E-state index contributed by atoms with van der Waals surface area (Å²) < 4.78 is 22.2. The van der Waals surface area contributed by atoms with Crippen molar-refractivity contribution in [2.45, 2.75) is 69.9 Å². The number of carbonyl (C=O) groups is 3. The fourth-order valence-corrected chi connectivity index (χ4v) is 5.63. The Bertz CT molecular complexity index is 1310. The Kier molecular flexibility index (Phi) is 12.2. The minimum Gasteiger partial charge on any atom is -0.493 e. The van der Waals surface area contributed by atoms with Crippen LogP contribution in [-0.4, -0.2) is 67.6 Å². The second-order valence-electron chi connectivity index (χ2n) is 10.9. The lowest BCUT2D eigenvalue weighted by molar-refractivity contribution is -0.161. The first kappa shape index (κ1) is 32.5. The number of amides is 1. The van der Waals surface area contributed by atoms with E-state index >= 15 is 0 Å². The average Bonchev–Trinajstić information content (AvgIpc) is 3.07. The van der Waals surface area contributed by atoms with Crippen LogP contribution in [0.25, 0.3) is 0 Å². The molecule has 1 fully saturated rings. The van der Waals surface area contributed by atoms with Gasteiger partial charge in [-0.1, -0.05) is 36.4 Å². The van der Waals surface area contributed by atoms with Gasteiger partial charge in [0.05, 0.1) is 21.3 Å². The van der Waals surface area contributed by atoms with E-state index in [1.165, 1.54) is 43.9 Å². The number of piperidine rings is 1. The van der Waals surface area contributed by atoms with Crippen molar-refractivity contribution in [1.29, 1.82) is 0 Å². The summed E-state index contributed by atoms with van der Waals surface area (Å²) in [6.45, 7) is 0.299. The van der Waals surface area contributed by atoms with E-state index in [-0.39, 0.29) is 23.2 Å². The van der Waals surface area contributed by atoms with Crippen molar-refractivity contribution < 1.29 is 33.3 Å². The summed E-state index contributed by atoms with van der Waals surface area (Å²) in [5.74, 6) is -1.11. The monoisotopic (exact) mass is 602 g/mol. The van der Waals surface area contributed by atoms with Gasteiger partial charge in [0.15, 0.2) is 11.5 Å². The molecule has 0 aliphatic carbocycles. The highest BCUT2D eigenvalue weighted by Gasteiger charge is 2.37. The van der Waals surface area contributed by atoms with Gasteiger partial charge in [0, 0.05) is 24.0 Å². The summed E-state index contributed by atoms with van der Waals surface area (Å²) in [4.78, 5) is 46.4. The summed E-state index contributed by atoms with van der Waals surface area (Å²) >= 11 is 0. The lowest BCUT2D eigenvalue weighted by Crippen LogP contribution is -2.51. The van der Waals surface area contributed by atoms with Gasteiger partial charge < -0.3 is 23.8 Å². The maximum absolute atomic E-state index is 13.6. The number of hydrogen-bond donors (Lipinski definition) is 0. The number of Topliss-reactive ketones (excluding diaryl/α,β-unsaturated/α-hetero) is 1. The Hall–Kier alpha value is -4.40. The number of ketones is 1. The molecule has 2 atom stereocenters. The number of hydrogen-bond acceptors (Lipinski definition) is 8. The van der Waals surface area contributed by atoms with Gasteiger partial charge in [-0.2, -0.15) is 0 Å². The molecule has 1 saturated heterocycles. The highest BCUT2D eigenvalue weighted by atomic mass is 16.5. The second-order valence-corrected chi connectivity index (χ2v) is 10.9. The Balaban J connectivity index is 1.45. The molecule has 9 nitrogen and oxygen atoms in total. The zero-order valence-corrected chi connectivity index (χ0v) is 25.8. The number of aromatic nitrogens is 1. The number of ether oxygens (including phenoxy) is 4. The number of esters is 1. The summed E-state index contributed by atoms with van der Waals surface area (Å²) in [5.41, 5.74) is 2.33. The molecule has 0 bridgehead atoms. The molecule has 0 saturated carbocycles. The van der Waals surface area contributed by atoms with E-state index in [2.05, 4.69) is 17.1 Å². The van der Waals surface area contributed by atoms with Crippen molar-refractivity contribution in [3.8, 4) is 17.2 Å². The predicted molar refractivity (Wildman–Crippen MR) is 166 cm³/mol. The maximum Gasteiger partial charge on any atom is 0.329 e. The van der Waals surface area contributed by atoms with Crippen LogP contribution in [0.4, 0.5) is 0 Å². The van der Waals surface area contributed by atoms with Gasteiger partial charge in [-0.05, 0) is 87.6 Å². The van der Waals surface area contributed by atoms with Gasteiger partial charge in [0.2, 0.25) is 5.75 Å². The molecule has 9 heteroatoms. The van der Waals surface area contributed by atoms with Crippen LogP contribution in [0.2, 0.25) is 0 Å². The Morgan fingerprint density at radius 3 is 2.18 bits per heavy atom. The molecule has 234 valence electrons. The SMILES string of the molecule is COc1cc(C(=O)C(=O)N2CCCCC2C(=O)OC(CCCc2ccccc2)CCCc2ccccn2)cc(OC)c1OC. The molecular formula is C35H42N2O7. The molecule has 2 unspecified atom stereocenters. The van der Waals surface area contributed by atoms with Gasteiger partial charge in [0.1, 0.15) is 12.1 Å². The summed E-state index contributed by atoms with van der Waals surface area (Å²) in [7, 11) is 4.35. The molecular weight excluding hydrogens is 560 g/mol. The molecule has 2 heterocycles. The minimum absolute atomic E-state index is 0.0931. The van der Waals surface area contributed by atoms with Gasteiger partial charge >= 0.3 is 5.97 Å². The zero-order valence-electron chi connectivity index (χ0n) is 25.8. The van der Waals surface area contributed by atoms with Crippen molar-refractivity contribution >= 4 is 17.7 Å². The van der Waals surface area contributed by atoms with Crippen molar-refractivity contribution in [3.05, 3.63) is 83.7 Å². The van der Waals surface area contributed by atoms with E-state index in [9.17, 15) is 14.4 Å². The largest absolute Gasteiger partial charge is 0.493 e. The molecule has 0 N–H and O–H groups in total. The maximum atomic E-state index is 13.6. The number of nitrogens with zero attached hydrogens (tertiary/aromatic N) is 2. The molecule has 1 aliphatic heterocycles. The van der Waals surface area contributed by atoms with Crippen molar-refractivity contribution in [2.75, 3.05) is 27.9 Å². The fourth-order valence-electron chi connectivity index (χ4n) is 5.63. The van der Waals surface area contributed by atoms with Gasteiger partial charge in [-0.25, -0.2) is 4.79 Å².